The summed E-state index contributed by atoms with van der Waals surface area (Å²) in [6.07, 6.45) is 5.86. The maximum absolute atomic E-state index is 9.81. The van der Waals surface area contributed by atoms with Gasteiger partial charge in [0, 0.05) is 0 Å². The molecule has 0 amide bonds. The van der Waals surface area contributed by atoms with Gasteiger partial charge in [-0.3, -0.25) is 0 Å². The molecule has 64 valence electrons. The van der Waals surface area contributed by atoms with E-state index in [-0.39, 0.29) is 5.60 Å². The lowest BCUT2D eigenvalue weighted by atomic mass is 9.46. The van der Waals surface area contributed by atoms with Crippen molar-refractivity contribution < 1.29 is 5.11 Å². The summed E-state index contributed by atoms with van der Waals surface area (Å²) in [6.45, 7) is 4.41. The second-order valence-corrected chi connectivity index (χ2v) is 4.94. The summed E-state index contributed by atoms with van der Waals surface area (Å²) >= 11 is 0. The Bertz CT molecular complexity index is 160. The van der Waals surface area contributed by atoms with Crippen molar-refractivity contribution in [1.29, 1.82) is 0 Å². The van der Waals surface area contributed by atoms with Gasteiger partial charge in [-0.05, 0) is 43.4 Å². The Morgan fingerprint density at radius 3 is 2.27 bits per heavy atom. The van der Waals surface area contributed by atoms with Crippen LogP contribution in [-0.4, -0.2) is 10.7 Å². The first-order valence-electron chi connectivity index (χ1n) is 4.80. The third-order valence-electron chi connectivity index (χ3n) is 3.63. The van der Waals surface area contributed by atoms with Crippen molar-refractivity contribution in [2.75, 3.05) is 0 Å². The van der Waals surface area contributed by atoms with Crippen LogP contribution >= 0.6 is 0 Å². The van der Waals surface area contributed by atoms with Gasteiger partial charge in [0.15, 0.2) is 0 Å². The van der Waals surface area contributed by atoms with Crippen molar-refractivity contribution in [2.45, 2.75) is 51.6 Å². The van der Waals surface area contributed by atoms with Crippen LogP contribution in [0.5, 0.6) is 0 Å². The fraction of sp³-hybridized carbons (Fsp3) is 1.00. The second kappa shape index (κ2) is 2.01. The Morgan fingerprint density at radius 2 is 1.91 bits per heavy atom. The van der Waals surface area contributed by atoms with E-state index in [1.54, 1.807) is 0 Å². The van der Waals surface area contributed by atoms with Crippen LogP contribution in [-0.2, 0) is 0 Å². The van der Waals surface area contributed by atoms with Crippen molar-refractivity contribution in [3.63, 3.8) is 0 Å². The van der Waals surface area contributed by atoms with Crippen molar-refractivity contribution in [3.8, 4) is 0 Å². The lowest BCUT2D eigenvalue weighted by molar-refractivity contribution is -0.179. The Balaban J connectivity index is 1.88. The first-order chi connectivity index (χ1) is 5.08. The van der Waals surface area contributed by atoms with E-state index in [0.717, 1.165) is 25.2 Å². The van der Waals surface area contributed by atoms with E-state index in [4.69, 9.17) is 0 Å². The lowest BCUT2D eigenvalue weighted by Crippen LogP contribution is -2.56. The van der Waals surface area contributed by atoms with E-state index >= 15 is 0 Å². The molecule has 0 radical (unpaired) electrons. The summed E-state index contributed by atoms with van der Waals surface area (Å²) < 4.78 is 0. The zero-order valence-corrected chi connectivity index (χ0v) is 7.56. The summed E-state index contributed by atoms with van der Waals surface area (Å²) in [7, 11) is 0. The molecule has 0 aromatic carbocycles. The van der Waals surface area contributed by atoms with Gasteiger partial charge >= 0.3 is 0 Å². The molecule has 1 heteroatoms. The molecule has 2 aliphatic carbocycles. The predicted octanol–water partition coefficient (Wildman–Crippen LogP) is 2.34. The normalized spacial score (nSPS) is 55.4. The highest BCUT2D eigenvalue weighted by Crippen LogP contribution is 2.63. The standard InChI is InChI=1S/C10H18O/c1-3-10(11)6-9(7-10)4-8(2)5-9/h8,11H,3-7H2,1-2H3. The molecule has 0 saturated heterocycles. The van der Waals surface area contributed by atoms with Crippen LogP contribution in [0.15, 0.2) is 0 Å². The number of aliphatic hydroxyl groups is 1. The maximum Gasteiger partial charge on any atom is 0.0655 e. The van der Waals surface area contributed by atoms with Crippen molar-refractivity contribution in [3.05, 3.63) is 0 Å². The molecule has 1 nitrogen and oxygen atoms in total. The van der Waals surface area contributed by atoms with Gasteiger partial charge in [-0.2, -0.15) is 0 Å². The molecule has 0 aromatic rings. The Morgan fingerprint density at radius 1 is 1.36 bits per heavy atom. The zero-order valence-electron chi connectivity index (χ0n) is 7.56. The first kappa shape index (κ1) is 7.60. The monoisotopic (exact) mass is 154 g/mol. The van der Waals surface area contributed by atoms with Gasteiger partial charge in [0.2, 0.25) is 0 Å². The summed E-state index contributed by atoms with van der Waals surface area (Å²) in [4.78, 5) is 0. The van der Waals surface area contributed by atoms with Crippen molar-refractivity contribution >= 4 is 0 Å². The number of hydrogen-bond acceptors (Lipinski definition) is 1. The van der Waals surface area contributed by atoms with Gasteiger partial charge in [-0.15, -0.1) is 0 Å². The molecule has 0 aliphatic heterocycles. The lowest BCUT2D eigenvalue weighted by Gasteiger charge is -2.61. The minimum absolute atomic E-state index is 0.264. The fourth-order valence-corrected chi connectivity index (χ4v) is 3.30. The molecule has 1 spiro atoms. The average Bonchev–Trinajstić information content (AvgIpc) is 1.81. The molecule has 2 saturated carbocycles. The van der Waals surface area contributed by atoms with Crippen LogP contribution in [0.4, 0.5) is 0 Å². The van der Waals surface area contributed by atoms with Gasteiger partial charge in [-0.25, -0.2) is 0 Å². The van der Waals surface area contributed by atoms with Gasteiger partial charge in [0.25, 0.3) is 0 Å². The molecule has 0 bridgehead atoms. The summed E-state index contributed by atoms with van der Waals surface area (Å²) in [5, 5.41) is 9.81. The van der Waals surface area contributed by atoms with E-state index in [9.17, 15) is 5.11 Å². The van der Waals surface area contributed by atoms with Crippen LogP contribution in [0.25, 0.3) is 0 Å². The molecule has 2 aliphatic rings. The molecule has 0 unspecified atom stereocenters. The third kappa shape index (κ3) is 1.01. The smallest absolute Gasteiger partial charge is 0.0655 e. The highest BCUT2D eigenvalue weighted by atomic mass is 16.3. The minimum atomic E-state index is -0.264. The van der Waals surface area contributed by atoms with E-state index in [2.05, 4.69) is 13.8 Å². The SMILES string of the molecule is CCC1(O)CC2(CC(C)C2)C1. The van der Waals surface area contributed by atoms with E-state index in [0.29, 0.717) is 5.41 Å². The minimum Gasteiger partial charge on any atom is -0.390 e. The number of rotatable bonds is 1. The topological polar surface area (TPSA) is 20.2 Å². The Kier molecular flexibility index (Phi) is 1.39. The summed E-state index contributed by atoms with van der Waals surface area (Å²) in [6, 6.07) is 0. The molecule has 2 fully saturated rings. The van der Waals surface area contributed by atoms with Crippen LogP contribution in [0.2, 0.25) is 0 Å². The van der Waals surface area contributed by atoms with Crippen LogP contribution in [0.3, 0.4) is 0 Å². The zero-order chi connectivity index (χ0) is 8.11. The van der Waals surface area contributed by atoms with Crippen LogP contribution in [0.1, 0.15) is 46.0 Å². The van der Waals surface area contributed by atoms with Crippen LogP contribution in [0, 0.1) is 11.3 Å². The summed E-state index contributed by atoms with van der Waals surface area (Å²) in [5.41, 5.74) is 0.338. The molecule has 0 aromatic heterocycles. The van der Waals surface area contributed by atoms with Crippen molar-refractivity contribution in [1.82, 2.24) is 0 Å². The van der Waals surface area contributed by atoms with E-state index < -0.39 is 0 Å². The Labute approximate surface area is 68.8 Å². The van der Waals surface area contributed by atoms with E-state index in [1.807, 2.05) is 0 Å². The Hall–Kier alpha value is -0.0400. The van der Waals surface area contributed by atoms with Gasteiger partial charge in [0.05, 0.1) is 5.60 Å². The predicted molar refractivity (Wildman–Crippen MR) is 45.3 cm³/mol. The molecule has 11 heavy (non-hydrogen) atoms. The molecule has 2 rings (SSSR count). The van der Waals surface area contributed by atoms with Gasteiger partial charge < -0.3 is 5.11 Å². The quantitative estimate of drug-likeness (QED) is 0.614. The van der Waals surface area contributed by atoms with E-state index in [1.165, 1.54) is 12.8 Å². The largest absolute Gasteiger partial charge is 0.390 e. The molecule has 1 N–H and O–H groups in total. The number of hydrogen-bond donors (Lipinski definition) is 1. The summed E-state index contributed by atoms with van der Waals surface area (Å²) in [5.74, 6) is 0.927. The molecule has 0 heterocycles. The highest BCUT2D eigenvalue weighted by molar-refractivity contribution is 5.08. The molecular formula is C10H18O. The second-order valence-electron chi connectivity index (χ2n) is 4.94. The van der Waals surface area contributed by atoms with Gasteiger partial charge in [0.1, 0.15) is 0 Å². The average molecular weight is 154 g/mol. The fourth-order valence-electron chi connectivity index (χ4n) is 3.30. The maximum atomic E-state index is 9.81. The molecule has 0 atom stereocenters. The highest BCUT2D eigenvalue weighted by Gasteiger charge is 2.57. The third-order valence-corrected chi connectivity index (χ3v) is 3.63. The van der Waals surface area contributed by atoms with Crippen molar-refractivity contribution in [2.24, 2.45) is 11.3 Å². The van der Waals surface area contributed by atoms with Crippen LogP contribution < -0.4 is 0 Å². The first-order valence-corrected chi connectivity index (χ1v) is 4.80. The van der Waals surface area contributed by atoms with Gasteiger partial charge in [-0.1, -0.05) is 13.8 Å². The molecular weight excluding hydrogens is 136 g/mol.